The van der Waals surface area contributed by atoms with Crippen molar-refractivity contribution in [3.8, 4) is 0 Å². The minimum Gasteiger partial charge on any atom is -0.386 e. The molecule has 0 aliphatic heterocycles. The summed E-state index contributed by atoms with van der Waals surface area (Å²) >= 11 is 0. The van der Waals surface area contributed by atoms with Crippen LogP contribution >= 0.6 is 0 Å². The van der Waals surface area contributed by atoms with Gasteiger partial charge in [-0.2, -0.15) is 0 Å². The first-order valence-corrected chi connectivity index (χ1v) is 4.92. The zero-order chi connectivity index (χ0) is 9.40. The van der Waals surface area contributed by atoms with Gasteiger partial charge in [0.25, 0.3) is 0 Å². The molecule has 0 atom stereocenters. The van der Waals surface area contributed by atoms with E-state index in [2.05, 4.69) is 18.7 Å². The highest BCUT2D eigenvalue weighted by Gasteiger charge is 2.00. The minimum atomic E-state index is 0.911. The van der Waals surface area contributed by atoms with Crippen molar-refractivity contribution >= 4 is 0 Å². The Morgan fingerprint density at radius 3 is 2.42 bits per heavy atom. The molecule has 2 N–H and O–H groups in total. The van der Waals surface area contributed by atoms with Crippen molar-refractivity contribution < 1.29 is 0 Å². The molecule has 0 unspecified atom stereocenters. The van der Waals surface area contributed by atoms with E-state index in [0.717, 1.165) is 18.9 Å². The highest BCUT2D eigenvalue weighted by Crippen LogP contribution is 2.01. The van der Waals surface area contributed by atoms with Crippen LogP contribution in [0.25, 0.3) is 0 Å². The smallest absolute Gasteiger partial charge is 0.0942 e. The predicted octanol–water partition coefficient (Wildman–Crippen LogP) is 2.32. The zero-order valence-electron chi connectivity index (χ0n) is 8.64. The number of hydrogen-bond acceptors (Lipinski definition) is 2. The summed E-state index contributed by atoms with van der Waals surface area (Å²) < 4.78 is 0. The van der Waals surface area contributed by atoms with Gasteiger partial charge in [0, 0.05) is 13.1 Å². The molecule has 0 aliphatic carbocycles. The molecule has 0 radical (unpaired) electrons. The van der Waals surface area contributed by atoms with Crippen molar-refractivity contribution in [1.82, 2.24) is 4.90 Å². The van der Waals surface area contributed by atoms with Crippen LogP contribution in [0.4, 0.5) is 0 Å². The summed E-state index contributed by atoms with van der Waals surface area (Å²) in [6.45, 7) is 8.45. The van der Waals surface area contributed by atoms with Crippen LogP contribution in [0.3, 0.4) is 0 Å². The highest BCUT2D eigenvalue weighted by molar-refractivity contribution is 4.92. The lowest BCUT2D eigenvalue weighted by molar-refractivity contribution is 0.347. The van der Waals surface area contributed by atoms with Gasteiger partial charge in [0.1, 0.15) is 0 Å². The van der Waals surface area contributed by atoms with Gasteiger partial charge in [-0.05, 0) is 26.3 Å². The molecule has 72 valence electrons. The van der Waals surface area contributed by atoms with E-state index in [1.807, 2.05) is 13.0 Å². The topological polar surface area (TPSA) is 29.3 Å². The van der Waals surface area contributed by atoms with Gasteiger partial charge < -0.3 is 10.6 Å². The van der Waals surface area contributed by atoms with Gasteiger partial charge in [0.2, 0.25) is 0 Å². The van der Waals surface area contributed by atoms with Crippen LogP contribution < -0.4 is 5.73 Å². The fourth-order valence-electron chi connectivity index (χ4n) is 1.21. The summed E-state index contributed by atoms with van der Waals surface area (Å²) in [4.78, 5) is 2.22. The first-order chi connectivity index (χ1) is 5.76. The maximum atomic E-state index is 5.80. The van der Waals surface area contributed by atoms with Gasteiger partial charge in [-0.3, -0.25) is 0 Å². The third kappa shape index (κ3) is 4.27. The lowest BCUT2D eigenvalue weighted by atomic mass is 10.2. The molecule has 0 aromatic rings. The molecule has 0 amide bonds. The fourth-order valence-corrected chi connectivity index (χ4v) is 1.21. The van der Waals surface area contributed by atoms with E-state index in [1.165, 1.54) is 19.3 Å². The number of allylic oxidation sites excluding steroid dienone is 1. The first kappa shape index (κ1) is 11.3. The van der Waals surface area contributed by atoms with Crippen molar-refractivity contribution in [2.45, 2.75) is 40.0 Å². The Kier molecular flexibility index (Phi) is 6.63. The molecule has 0 aromatic carbocycles. The van der Waals surface area contributed by atoms with Crippen LogP contribution in [0.2, 0.25) is 0 Å². The molecule has 0 spiro atoms. The molecule has 2 heteroatoms. The summed E-state index contributed by atoms with van der Waals surface area (Å²) in [5.41, 5.74) is 5.80. The first-order valence-electron chi connectivity index (χ1n) is 4.92. The monoisotopic (exact) mass is 170 g/mol. The molecular weight excluding hydrogens is 148 g/mol. The number of nitrogens with two attached hydrogens (primary N) is 1. The van der Waals surface area contributed by atoms with Crippen molar-refractivity contribution in [3.63, 3.8) is 0 Å². The summed E-state index contributed by atoms with van der Waals surface area (Å²) in [6.07, 6.45) is 5.79. The number of unbranched alkanes of at least 4 members (excludes halogenated alkanes) is 2. The molecule has 0 aromatic heterocycles. The van der Waals surface area contributed by atoms with Crippen LogP contribution in [-0.4, -0.2) is 18.0 Å². The fraction of sp³-hybridized carbons (Fsp3) is 0.800. The molecule has 0 fully saturated rings. The van der Waals surface area contributed by atoms with Crippen LogP contribution in [-0.2, 0) is 0 Å². The second-order valence-corrected chi connectivity index (χ2v) is 3.00. The normalized spacial score (nSPS) is 11.8. The largest absolute Gasteiger partial charge is 0.386 e. The van der Waals surface area contributed by atoms with Gasteiger partial charge in [-0.15, -0.1) is 0 Å². The van der Waals surface area contributed by atoms with Crippen molar-refractivity contribution in [2.75, 3.05) is 13.1 Å². The number of hydrogen-bond donors (Lipinski definition) is 1. The second-order valence-electron chi connectivity index (χ2n) is 3.00. The average molecular weight is 170 g/mol. The van der Waals surface area contributed by atoms with Gasteiger partial charge in [0.15, 0.2) is 0 Å². The lowest BCUT2D eigenvalue weighted by Crippen LogP contribution is -2.28. The van der Waals surface area contributed by atoms with Gasteiger partial charge in [-0.25, -0.2) is 0 Å². The number of nitrogens with zero attached hydrogens (tertiary/aromatic N) is 1. The van der Waals surface area contributed by atoms with Crippen LogP contribution in [0.15, 0.2) is 11.9 Å². The zero-order valence-corrected chi connectivity index (χ0v) is 8.64. The molecule has 0 saturated carbocycles. The highest BCUT2D eigenvalue weighted by atomic mass is 15.2. The van der Waals surface area contributed by atoms with Gasteiger partial charge in [-0.1, -0.05) is 19.8 Å². The lowest BCUT2D eigenvalue weighted by Gasteiger charge is -2.22. The Bertz CT molecular complexity index is 130. The molecule has 0 bridgehead atoms. The summed E-state index contributed by atoms with van der Waals surface area (Å²) in [5, 5.41) is 0. The summed E-state index contributed by atoms with van der Waals surface area (Å²) in [5.74, 6) is 0.911. The molecule has 0 saturated heterocycles. The Hall–Kier alpha value is -0.660. The molecule has 0 heterocycles. The van der Waals surface area contributed by atoms with Crippen LogP contribution in [0, 0.1) is 0 Å². The van der Waals surface area contributed by atoms with E-state index >= 15 is 0 Å². The third-order valence-corrected chi connectivity index (χ3v) is 2.07. The Morgan fingerprint density at radius 2 is 2.00 bits per heavy atom. The maximum absolute atomic E-state index is 5.80. The molecule has 2 nitrogen and oxygen atoms in total. The van der Waals surface area contributed by atoms with E-state index in [1.54, 1.807) is 0 Å². The Balaban J connectivity index is 3.68. The van der Waals surface area contributed by atoms with E-state index in [0.29, 0.717) is 0 Å². The third-order valence-electron chi connectivity index (χ3n) is 2.07. The Labute approximate surface area is 76.4 Å². The van der Waals surface area contributed by atoms with Crippen LogP contribution in [0.1, 0.15) is 40.0 Å². The van der Waals surface area contributed by atoms with Gasteiger partial charge in [0.05, 0.1) is 5.82 Å². The second kappa shape index (κ2) is 7.01. The minimum absolute atomic E-state index is 0.911. The van der Waals surface area contributed by atoms with Crippen molar-refractivity contribution in [3.05, 3.63) is 11.9 Å². The molecule has 12 heavy (non-hydrogen) atoms. The summed E-state index contributed by atoms with van der Waals surface area (Å²) in [7, 11) is 0. The van der Waals surface area contributed by atoms with E-state index in [9.17, 15) is 0 Å². The summed E-state index contributed by atoms with van der Waals surface area (Å²) in [6, 6.07) is 0. The van der Waals surface area contributed by atoms with E-state index in [-0.39, 0.29) is 0 Å². The van der Waals surface area contributed by atoms with E-state index < -0.39 is 0 Å². The SMILES string of the molecule is CC=C(N)N(CC)CCCCC. The molecule has 0 rings (SSSR count). The molecular formula is C10H22N2. The van der Waals surface area contributed by atoms with Gasteiger partial charge >= 0.3 is 0 Å². The predicted molar refractivity (Wildman–Crippen MR) is 54.7 cm³/mol. The average Bonchev–Trinajstić information content (AvgIpc) is 2.11. The quantitative estimate of drug-likeness (QED) is 0.620. The molecule has 0 aliphatic rings. The van der Waals surface area contributed by atoms with Crippen LogP contribution in [0.5, 0.6) is 0 Å². The standard InChI is InChI=1S/C10H22N2/c1-4-7-8-9-12(6-3)10(11)5-2/h5H,4,6-9,11H2,1-3H3. The number of rotatable bonds is 6. The van der Waals surface area contributed by atoms with Crippen molar-refractivity contribution in [2.24, 2.45) is 5.73 Å². The Morgan fingerprint density at radius 1 is 1.33 bits per heavy atom. The maximum Gasteiger partial charge on any atom is 0.0942 e. The van der Waals surface area contributed by atoms with E-state index in [4.69, 9.17) is 5.73 Å². The van der Waals surface area contributed by atoms with Crippen molar-refractivity contribution in [1.29, 1.82) is 0 Å².